The number of amides is 2. The molecule has 0 radical (unpaired) electrons. The number of likely N-dealkylation sites (tertiary alicyclic amines) is 1. The number of nitrogens with zero attached hydrogens (tertiary/aromatic N) is 5. The number of hydrogen-bond donors (Lipinski definition) is 2. The summed E-state index contributed by atoms with van der Waals surface area (Å²) in [6, 6.07) is 9.25. The predicted molar refractivity (Wildman–Crippen MR) is 159 cm³/mol. The monoisotopic (exact) mass is 624 g/mol. The van der Waals surface area contributed by atoms with Gasteiger partial charge in [0.2, 0.25) is 11.6 Å². The Morgan fingerprint density at radius 3 is 2.64 bits per heavy atom. The van der Waals surface area contributed by atoms with Gasteiger partial charge in [0, 0.05) is 36.3 Å². The highest BCUT2D eigenvalue weighted by molar-refractivity contribution is 6.05. The fraction of sp³-hybridized carbons (Fsp3) is 0.387. The van der Waals surface area contributed by atoms with Gasteiger partial charge in [-0.1, -0.05) is 0 Å². The molecule has 5 heterocycles. The highest BCUT2D eigenvalue weighted by atomic mass is 19.4. The summed E-state index contributed by atoms with van der Waals surface area (Å²) in [5.74, 6) is 6.97. The van der Waals surface area contributed by atoms with E-state index >= 15 is 0 Å². The van der Waals surface area contributed by atoms with Crippen molar-refractivity contribution in [3.63, 3.8) is 0 Å². The fourth-order valence-corrected chi connectivity index (χ4v) is 5.89. The summed E-state index contributed by atoms with van der Waals surface area (Å²) < 4.78 is 47.4. The summed E-state index contributed by atoms with van der Waals surface area (Å²) >= 11 is 0. The number of carbonyl (C=O) groups excluding carboxylic acids is 2. The van der Waals surface area contributed by atoms with E-state index < -0.39 is 24.1 Å². The quantitative estimate of drug-likeness (QED) is 0.352. The van der Waals surface area contributed by atoms with Crippen LogP contribution in [0.3, 0.4) is 0 Å². The Labute approximate surface area is 257 Å². The van der Waals surface area contributed by atoms with E-state index in [0.29, 0.717) is 31.2 Å². The van der Waals surface area contributed by atoms with Crippen molar-refractivity contribution >= 4 is 29.7 Å². The van der Waals surface area contributed by atoms with Crippen molar-refractivity contribution in [1.82, 2.24) is 9.88 Å². The number of fused-ring (bicyclic) bond motifs is 1. The van der Waals surface area contributed by atoms with E-state index in [0.717, 1.165) is 24.2 Å². The molecule has 1 aromatic heterocycles. The van der Waals surface area contributed by atoms with Crippen LogP contribution in [-0.4, -0.2) is 76.9 Å². The Hall–Kier alpha value is -4.40. The molecular formula is C31H33F3N7O4+. The number of nitrogens with two attached hydrogens (primary N) is 1. The molecule has 1 aromatic carbocycles. The molecule has 4 aliphatic heterocycles. The minimum absolute atomic E-state index is 0.0414. The van der Waals surface area contributed by atoms with Gasteiger partial charge in [0.15, 0.2) is 6.61 Å². The first-order valence-corrected chi connectivity index (χ1v) is 14.5. The van der Waals surface area contributed by atoms with E-state index in [1.165, 1.54) is 18.3 Å². The number of halogens is 3. The number of carbonyl (C=O) groups is 2. The maximum atomic E-state index is 13.4. The van der Waals surface area contributed by atoms with Crippen LogP contribution in [0.1, 0.15) is 42.6 Å². The lowest BCUT2D eigenvalue weighted by molar-refractivity contribution is -0.750. The van der Waals surface area contributed by atoms with Crippen LogP contribution >= 0.6 is 0 Å². The summed E-state index contributed by atoms with van der Waals surface area (Å²) in [7, 11) is 0. The second-order valence-electron chi connectivity index (χ2n) is 12.0. The molecule has 2 fully saturated rings. The van der Waals surface area contributed by atoms with E-state index in [9.17, 15) is 22.8 Å². The first-order valence-electron chi connectivity index (χ1n) is 14.5. The van der Waals surface area contributed by atoms with Crippen LogP contribution in [0.5, 0.6) is 5.75 Å². The molecule has 0 bridgehead atoms. The second kappa shape index (κ2) is 11.5. The summed E-state index contributed by atoms with van der Waals surface area (Å²) in [4.78, 5) is 41.7. The lowest BCUT2D eigenvalue weighted by atomic mass is 9.83. The molecule has 0 aliphatic carbocycles. The van der Waals surface area contributed by atoms with Crippen LogP contribution in [0.15, 0.2) is 76.4 Å². The van der Waals surface area contributed by atoms with Crippen molar-refractivity contribution in [3.8, 4) is 5.75 Å². The van der Waals surface area contributed by atoms with Crippen molar-refractivity contribution in [2.45, 2.75) is 38.9 Å². The minimum Gasteiger partial charge on any atom is -0.484 e. The third kappa shape index (κ3) is 6.00. The van der Waals surface area contributed by atoms with Gasteiger partial charge in [-0.2, -0.15) is 24.0 Å². The first-order chi connectivity index (χ1) is 21.4. The van der Waals surface area contributed by atoms with Gasteiger partial charge in [0.25, 0.3) is 11.7 Å². The third-order valence-corrected chi connectivity index (χ3v) is 8.49. The molecule has 45 heavy (non-hydrogen) atoms. The van der Waals surface area contributed by atoms with Crippen LogP contribution in [0.25, 0.3) is 0 Å². The molecule has 2 aromatic rings. The number of benzene rings is 1. The van der Waals surface area contributed by atoms with E-state index in [4.69, 9.17) is 20.3 Å². The van der Waals surface area contributed by atoms with Crippen molar-refractivity contribution in [2.75, 3.05) is 31.7 Å². The fourth-order valence-electron chi connectivity index (χ4n) is 5.89. The first kappa shape index (κ1) is 30.6. The lowest BCUT2D eigenvalue weighted by Crippen LogP contribution is -2.57. The van der Waals surface area contributed by atoms with Crippen molar-refractivity contribution in [3.05, 3.63) is 77.5 Å². The highest BCUT2D eigenvalue weighted by Crippen LogP contribution is 2.40. The highest BCUT2D eigenvalue weighted by Gasteiger charge is 2.49. The molecule has 2 saturated heterocycles. The van der Waals surface area contributed by atoms with Crippen molar-refractivity contribution in [1.29, 1.82) is 0 Å². The molecular weight excluding hydrogens is 591 g/mol. The summed E-state index contributed by atoms with van der Waals surface area (Å²) in [6.07, 6.45) is 3.47. The molecule has 11 nitrogen and oxygen atoms in total. The van der Waals surface area contributed by atoms with Crippen LogP contribution in [0.2, 0.25) is 0 Å². The van der Waals surface area contributed by atoms with Crippen molar-refractivity contribution < 1.29 is 36.8 Å². The van der Waals surface area contributed by atoms with Gasteiger partial charge >= 0.3 is 6.18 Å². The standard InChI is InChI=1S/C31H32F3N7O4/c1-19-3-4-22(15-40(19)29(43)30(2)16-44-17-30)26-24-14-36-11-12-41(24,35)27(39-26)20-5-7-21(8-6-20)28(42)38-25-13-23(9-10-37-25)45-18-31(32,33)34/h5-14,19,22H,3-4,15-18,35H2,1-2H3/p+1/t19-,22+,41?/m0/s1. The SMILES string of the molecule is C[C@H]1CC[C@@H](C2=C3C=NC=C[N+]3(N)C(c3ccc(C(=O)Nc4cc(OCC(F)(F)F)ccn4)cc3)=N2)CN1C(=O)C1(C)COC1. The Kier molecular flexibility index (Phi) is 7.83. The smallest absolute Gasteiger partial charge is 0.422 e. The number of aromatic nitrogens is 1. The van der Waals surface area contributed by atoms with Crippen LogP contribution in [0.4, 0.5) is 19.0 Å². The number of pyridine rings is 1. The Morgan fingerprint density at radius 1 is 1.20 bits per heavy atom. The molecule has 3 N–H and O–H groups in total. The average Bonchev–Trinajstić information content (AvgIpc) is 3.31. The molecule has 0 saturated carbocycles. The van der Waals surface area contributed by atoms with Gasteiger partial charge < -0.3 is 19.7 Å². The summed E-state index contributed by atoms with van der Waals surface area (Å²) in [6.45, 7) is 3.90. The maximum absolute atomic E-state index is 13.4. The van der Waals surface area contributed by atoms with Gasteiger partial charge in [-0.15, -0.1) is 4.59 Å². The Morgan fingerprint density at radius 2 is 1.96 bits per heavy atom. The molecule has 0 spiro atoms. The maximum Gasteiger partial charge on any atom is 0.422 e. The topological polar surface area (TPSA) is 131 Å². The number of amidine groups is 1. The zero-order valence-electron chi connectivity index (χ0n) is 24.8. The number of quaternary nitrogens is 1. The summed E-state index contributed by atoms with van der Waals surface area (Å²) in [5, 5.41) is 2.58. The Bertz CT molecular complexity index is 1630. The Balaban J connectivity index is 1.20. The molecule has 2 amide bonds. The van der Waals surface area contributed by atoms with Gasteiger partial charge in [-0.05, 0) is 57.0 Å². The number of ether oxygens (including phenoxy) is 2. The molecule has 3 atom stereocenters. The zero-order chi connectivity index (χ0) is 32.0. The van der Waals surface area contributed by atoms with Gasteiger partial charge in [-0.3, -0.25) is 14.6 Å². The minimum atomic E-state index is -4.49. The lowest BCUT2D eigenvalue weighted by Gasteiger charge is -2.45. The van der Waals surface area contributed by atoms with E-state index in [1.807, 2.05) is 11.8 Å². The molecule has 1 unspecified atom stereocenters. The van der Waals surface area contributed by atoms with E-state index in [-0.39, 0.29) is 39.6 Å². The van der Waals surface area contributed by atoms with Gasteiger partial charge in [0.1, 0.15) is 23.5 Å². The molecule has 6 rings (SSSR count). The molecule has 236 valence electrons. The number of anilines is 1. The zero-order valence-corrected chi connectivity index (χ0v) is 24.8. The molecule has 4 aliphatic rings. The normalized spacial score (nSPS) is 25.4. The third-order valence-electron chi connectivity index (χ3n) is 8.49. The molecule has 14 heteroatoms. The number of nitrogens with one attached hydrogen (secondary N) is 1. The van der Waals surface area contributed by atoms with Gasteiger partial charge in [-0.25, -0.2) is 4.98 Å². The largest absolute Gasteiger partial charge is 0.484 e. The number of hydrogen-bond acceptors (Lipinski definition) is 8. The number of piperidine rings is 1. The average molecular weight is 625 g/mol. The van der Waals surface area contributed by atoms with E-state index in [1.54, 1.807) is 42.9 Å². The number of allylic oxidation sites excluding steroid dienone is 1. The number of rotatable bonds is 7. The van der Waals surface area contributed by atoms with Crippen LogP contribution in [-0.2, 0) is 9.53 Å². The van der Waals surface area contributed by atoms with Crippen molar-refractivity contribution in [2.24, 2.45) is 27.2 Å². The van der Waals surface area contributed by atoms with Gasteiger partial charge in [0.05, 0.1) is 36.6 Å². The van der Waals surface area contributed by atoms with Crippen LogP contribution < -0.4 is 15.9 Å². The number of alkyl halides is 3. The second-order valence-corrected chi connectivity index (χ2v) is 12.0. The van der Waals surface area contributed by atoms with Crippen LogP contribution in [0, 0.1) is 11.3 Å². The number of aliphatic imine (C=N–C) groups is 2. The summed E-state index contributed by atoms with van der Waals surface area (Å²) in [5.41, 5.74) is 1.96. The predicted octanol–water partition coefficient (Wildman–Crippen LogP) is 4.16. The van der Waals surface area contributed by atoms with E-state index in [2.05, 4.69) is 22.2 Å².